The minimum atomic E-state index is 0.708. The lowest BCUT2D eigenvalue weighted by Crippen LogP contribution is -1.96. The van der Waals surface area contributed by atoms with Gasteiger partial charge < -0.3 is 4.74 Å². The Bertz CT molecular complexity index is 647. The highest BCUT2D eigenvalue weighted by atomic mass is 16.5. The first kappa shape index (κ1) is 21.1. The smallest absolute Gasteiger partial charge is 0.159 e. The van der Waals surface area contributed by atoms with Crippen molar-refractivity contribution in [3.8, 4) is 17.1 Å². The second kappa shape index (κ2) is 13.1. The van der Waals surface area contributed by atoms with Crippen LogP contribution in [0.4, 0.5) is 0 Å². The summed E-state index contributed by atoms with van der Waals surface area (Å²) in [4.78, 5) is 9.08. The molecule has 0 aliphatic heterocycles. The van der Waals surface area contributed by atoms with Crippen molar-refractivity contribution in [2.24, 2.45) is 0 Å². The number of hydrogen-bond acceptors (Lipinski definition) is 3. The van der Waals surface area contributed by atoms with Crippen LogP contribution in [0, 0.1) is 0 Å². The van der Waals surface area contributed by atoms with Crippen molar-refractivity contribution in [3.63, 3.8) is 0 Å². The molecule has 2 aromatic rings. The molecule has 2 rings (SSSR count). The standard InChI is InChI=1S/C24H34N2O/c1-3-5-7-9-10-11-13-21-19-25-24(26-20-21)22-14-16-23(17-15-22)27-18-12-8-6-4-2/h6,8,14-17,19-20H,3-5,7,9-13,18H2,1-2H3. The van der Waals surface area contributed by atoms with E-state index in [0.29, 0.717) is 6.61 Å². The number of allylic oxidation sites excluding steroid dienone is 1. The van der Waals surface area contributed by atoms with Crippen LogP contribution in [0.2, 0.25) is 0 Å². The molecule has 1 aromatic carbocycles. The van der Waals surface area contributed by atoms with Gasteiger partial charge in [-0.3, -0.25) is 0 Å². The van der Waals surface area contributed by atoms with Crippen molar-refractivity contribution >= 4 is 0 Å². The lowest BCUT2D eigenvalue weighted by Gasteiger charge is -2.06. The van der Waals surface area contributed by atoms with E-state index in [-0.39, 0.29) is 0 Å². The van der Waals surface area contributed by atoms with Gasteiger partial charge in [0.2, 0.25) is 0 Å². The Morgan fingerprint density at radius 2 is 1.56 bits per heavy atom. The number of ether oxygens (including phenoxy) is 1. The summed E-state index contributed by atoms with van der Waals surface area (Å²) in [5, 5.41) is 0. The minimum Gasteiger partial charge on any atom is -0.493 e. The summed E-state index contributed by atoms with van der Waals surface area (Å²) in [5.41, 5.74) is 2.26. The van der Waals surface area contributed by atoms with E-state index in [4.69, 9.17) is 4.74 Å². The number of unbranched alkanes of at least 4 members (excludes halogenated alkanes) is 5. The van der Waals surface area contributed by atoms with E-state index < -0.39 is 0 Å². The molecule has 0 saturated heterocycles. The van der Waals surface area contributed by atoms with Crippen molar-refractivity contribution in [1.29, 1.82) is 0 Å². The molecule has 1 heterocycles. The Balaban J connectivity index is 1.76. The van der Waals surface area contributed by atoms with Crippen molar-refractivity contribution in [3.05, 3.63) is 54.4 Å². The second-order valence-electron chi connectivity index (χ2n) is 6.97. The van der Waals surface area contributed by atoms with Gasteiger partial charge in [-0.25, -0.2) is 9.97 Å². The van der Waals surface area contributed by atoms with Crippen molar-refractivity contribution in [1.82, 2.24) is 9.97 Å². The highest BCUT2D eigenvalue weighted by Crippen LogP contribution is 2.19. The Hall–Kier alpha value is -2.16. The van der Waals surface area contributed by atoms with Gasteiger partial charge in [0.1, 0.15) is 5.75 Å². The molecule has 3 nitrogen and oxygen atoms in total. The van der Waals surface area contributed by atoms with E-state index in [9.17, 15) is 0 Å². The summed E-state index contributed by atoms with van der Waals surface area (Å²) in [6, 6.07) is 8.04. The molecule has 0 radical (unpaired) electrons. The first-order chi connectivity index (χ1) is 13.3. The van der Waals surface area contributed by atoms with Crippen LogP contribution >= 0.6 is 0 Å². The molecule has 0 spiro atoms. The molecule has 0 bridgehead atoms. The molecular weight excluding hydrogens is 332 g/mol. The second-order valence-corrected chi connectivity index (χ2v) is 6.97. The summed E-state index contributed by atoms with van der Waals surface area (Å²) in [6.45, 7) is 5.10. The lowest BCUT2D eigenvalue weighted by molar-refractivity contribution is 0.325. The zero-order valence-corrected chi connectivity index (χ0v) is 17.0. The molecule has 0 unspecified atom stereocenters. The van der Waals surface area contributed by atoms with Crippen molar-refractivity contribution < 1.29 is 4.74 Å². The van der Waals surface area contributed by atoms with E-state index in [1.807, 2.05) is 36.7 Å². The van der Waals surface area contributed by atoms with Gasteiger partial charge in [-0.15, -0.1) is 0 Å². The predicted octanol–water partition coefficient (Wildman–Crippen LogP) is 6.78. The zero-order valence-electron chi connectivity index (χ0n) is 17.0. The zero-order chi connectivity index (χ0) is 19.2. The Kier molecular flexibility index (Phi) is 10.2. The molecule has 146 valence electrons. The third kappa shape index (κ3) is 8.38. The first-order valence-electron chi connectivity index (χ1n) is 10.5. The first-order valence-corrected chi connectivity index (χ1v) is 10.5. The van der Waals surface area contributed by atoms with Gasteiger partial charge in [0.05, 0.1) is 6.61 Å². The van der Waals surface area contributed by atoms with E-state index in [2.05, 4.69) is 36.0 Å². The summed E-state index contributed by atoms with van der Waals surface area (Å²) < 4.78 is 5.75. The van der Waals surface area contributed by atoms with Crippen LogP contribution in [0.5, 0.6) is 5.75 Å². The molecule has 0 fully saturated rings. The molecule has 0 amide bonds. The van der Waals surface area contributed by atoms with Gasteiger partial charge in [-0.05, 0) is 55.5 Å². The van der Waals surface area contributed by atoms with E-state index >= 15 is 0 Å². The fourth-order valence-corrected chi connectivity index (χ4v) is 2.97. The van der Waals surface area contributed by atoms with Crippen LogP contribution in [0.15, 0.2) is 48.8 Å². The normalized spacial score (nSPS) is 11.2. The van der Waals surface area contributed by atoms with Gasteiger partial charge in [-0.1, -0.05) is 58.1 Å². The molecule has 1 aromatic heterocycles. The maximum Gasteiger partial charge on any atom is 0.159 e. The third-order valence-corrected chi connectivity index (χ3v) is 4.59. The van der Waals surface area contributed by atoms with Gasteiger partial charge in [0, 0.05) is 18.0 Å². The molecular formula is C24H34N2O. The Labute approximate surface area is 164 Å². The van der Waals surface area contributed by atoms with E-state index in [0.717, 1.165) is 36.4 Å². The number of nitrogens with zero attached hydrogens (tertiary/aromatic N) is 2. The lowest BCUT2D eigenvalue weighted by atomic mass is 10.1. The molecule has 0 aliphatic rings. The molecule has 27 heavy (non-hydrogen) atoms. The summed E-state index contributed by atoms with van der Waals surface area (Å²) >= 11 is 0. The minimum absolute atomic E-state index is 0.708. The Morgan fingerprint density at radius 1 is 0.852 bits per heavy atom. The molecule has 0 saturated carbocycles. The maximum absolute atomic E-state index is 5.75. The van der Waals surface area contributed by atoms with Crippen molar-refractivity contribution in [2.75, 3.05) is 6.61 Å². The van der Waals surface area contributed by atoms with Crippen LogP contribution in [0.3, 0.4) is 0 Å². The molecule has 0 aliphatic carbocycles. The number of hydrogen-bond donors (Lipinski definition) is 0. The number of aromatic nitrogens is 2. The van der Waals surface area contributed by atoms with Crippen molar-refractivity contribution in [2.45, 2.75) is 71.6 Å². The van der Waals surface area contributed by atoms with Crippen LogP contribution in [0.25, 0.3) is 11.4 Å². The average Bonchev–Trinajstić information content (AvgIpc) is 2.71. The number of aryl methyl sites for hydroxylation is 1. The fourth-order valence-electron chi connectivity index (χ4n) is 2.97. The molecule has 0 atom stereocenters. The highest BCUT2D eigenvalue weighted by molar-refractivity contribution is 5.55. The van der Waals surface area contributed by atoms with Crippen LogP contribution < -0.4 is 4.74 Å². The Morgan fingerprint density at radius 3 is 2.26 bits per heavy atom. The molecule has 3 heteroatoms. The van der Waals surface area contributed by atoms with Crippen LogP contribution in [0.1, 0.15) is 70.8 Å². The summed E-state index contributed by atoms with van der Waals surface area (Å²) in [6.07, 6.45) is 19.3. The largest absolute Gasteiger partial charge is 0.493 e. The van der Waals surface area contributed by atoms with Gasteiger partial charge in [0.15, 0.2) is 5.82 Å². The average molecular weight is 367 g/mol. The predicted molar refractivity (Wildman–Crippen MR) is 114 cm³/mol. The van der Waals surface area contributed by atoms with E-state index in [1.165, 1.54) is 44.1 Å². The van der Waals surface area contributed by atoms with Crippen LogP contribution in [-0.4, -0.2) is 16.6 Å². The topological polar surface area (TPSA) is 35.0 Å². The highest BCUT2D eigenvalue weighted by Gasteiger charge is 2.03. The van der Waals surface area contributed by atoms with Gasteiger partial charge in [-0.2, -0.15) is 0 Å². The third-order valence-electron chi connectivity index (χ3n) is 4.59. The quantitative estimate of drug-likeness (QED) is 0.289. The number of rotatable bonds is 13. The van der Waals surface area contributed by atoms with E-state index in [1.54, 1.807) is 0 Å². The number of benzene rings is 1. The SMILES string of the molecule is CCC=CCCOc1ccc(-c2ncc(CCCCCCCC)cn2)cc1. The van der Waals surface area contributed by atoms with Gasteiger partial charge >= 0.3 is 0 Å². The monoisotopic (exact) mass is 366 g/mol. The fraction of sp³-hybridized carbons (Fsp3) is 0.500. The summed E-state index contributed by atoms with van der Waals surface area (Å²) in [7, 11) is 0. The molecule has 0 N–H and O–H groups in total. The van der Waals surface area contributed by atoms with Gasteiger partial charge in [0.25, 0.3) is 0 Å². The maximum atomic E-state index is 5.75. The van der Waals surface area contributed by atoms with Crippen LogP contribution in [-0.2, 0) is 6.42 Å². The summed E-state index contributed by atoms with van der Waals surface area (Å²) in [5.74, 6) is 1.67.